The predicted molar refractivity (Wildman–Crippen MR) is 68.5 cm³/mol. The number of rotatable bonds is 5. The molecule has 1 aromatic carbocycles. The second-order valence-electron chi connectivity index (χ2n) is 4.94. The van der Waals surface area contributed by atoms with Crippen LogP contribution in [0.1, 0.15) is 30.5 Å². The minimum atomic E-state index is -0.258. The van der Waals surface area contributed by atoms with E-state index in [4.69, 9.17) is 0 Å². The van der Waals surface area contributed by atoms with E-state index >= 15 is 0 Å². The summed E-state index contributed by atoms with van der Waals surface area (Å²) >= 11 is 0. The van der Waals surface area contributed by atoms with Crippen molar-refractivity contribution >= 4 is 0 Å². The van der Waals surface area contributed by atoms with E-state index in [2.05, 4.69) is 37.4 Å². The molecular formula is C14H23NO. The van der Waals surface area contributed by atoms with Crippen LogP contribution < -0.4 is 5.32 Å². The Morgan fingerprint density at radius 3 is 2.19 bits per heavy atom. The lowest BCUT2D eigenvalue weighted by Crippen LogP contribution is -2.30. The highest BCUT2D eigenvalue weighted by atomic mass is 16.3. The number of hydrogen-bond acceptors (Lipinski definition) is 2. The van der Waals surface area contributed by atoms with Gasteiger partial charge >= 0.3 is 0 Å². The summed E-state index contributed by atoms with van der Waals surface area (Å²) in [7, 11) is 0. The van der Waals surface area contributed by atoms with Gasteiger partial charge in [-0.2, -0.15) is 0 Å². The lowest BCUT2D eigenvalue weighted by Gasteiger charge is -2.15. The fourth-order valence-corrected chi connectivity index (χ4v) is 1.77. The summed E-state index contributed by atoms with van der Waals surface area (Å²) in [6.45, 7) is 9.77. The second kappa shape index (κ2) is 6.02. The Hall–Kier alpha value is -0.860. The molecule has 2 N–H and O–H groups in total. The van der Waals surface area contributed by atoms with Crippen molar-refractivity contribution in [2.45, 2.75) is 40.3 Å². The van der Waals surface area contributed by atoms with Crippen molar-refractivity contribution in [2.75, 3.05) is 6.54 Å². The number of hydrogen-bond donors (Lipinski definition) is 2. The van der Waals surface area contributed by atoms with Gasteiger partial charge in [0.05, 0.1) is 6.10 Å². The van der Waals surface area contributed by atoms with E-state index in [1.165, 1.54) is 16.7 Å². The maximum absolute atomic E-state index is 9.65. The van der Waals surface area contributed by atoms with Crippen LogP contribution in [0.25, 0.3) is 0 Å². The molecule has 1 atom stereocenters. The van der Waals surface area contributed by atoms with Crippen molar-refractivity contribution in [2.24, 2.45) is 5.92 Å². The molecule has 0 aromatic heterocycles. The number of aliphatic hydroxyl groups excluding tert-OH is 1. The molecule has 0 amide bonds. The van der Waals surface area contributed by atoms with Crippen molar-refractivity contribution in [1.29, 1.82) is 0 Å². The number of benzene rings is 1. The molecule has 2 nitrogen and oxygen atoms in total. The second-order valence-corrected chi connectivity index (χ2v) is 4.94. The Labute approximate surface area is 98.7 Å². The highest BCUT2D eigenvalue weighted by molar-refractivity contribution is 5.28. The van der Waals surface area contributed by atoms with E-state index in [0.717, 1.165) is 6.54 Å². The van der Waals surface area contributed by atoms with Gasteiger partial charge in [-0.15, -0.1) is 0 Å². The maximum Gasteiger partial charge on any atom is 0.0687 e. The molecular weight excluding hydrogens is 198 g/mol. The molecule has 0 aliphatic carbocycles. The summed E-state index contributed by atoms with van der Waals surface area (Å²) in [4.78, 5) is 0. The summed E-state index contributed by atoms with van der Waals surface area (Å²) in [5.41, 5.74) is 3.87. The summed E-state index contributed by atoms with van der Waals surface area (Å²) in [5.74, 6) is 0.312. The van der Waals surface area contributed by atoms with Gasteiger partial charge < -0.3 is 10.4 Å². The van der Waals surface area contributed by atoms with E-state index in [0.29, 0.717) is 12.5 Å². The summed E-state index contributed by atoms with van der Waals surface area (Å²) in [6, 6.07) is 6.54. The van der Waals surface area contributed by atoms with Gasteiger partial charge in [0.1, 0.15) is 0 Å². The van der Waals surface area contributed by atoms with E-state index in [9.17, 15) is 5.11 Å². The highest BCUT2D eigenvalue weighted by Crippen LogP contribution is 2.08. The highest BCUT2D eigenvalue weighted by Gasteiger charge is 2.07. The number of nitrogens with one attached hydrogen (secondary N) is 1. The molecule has 0 heterocycles. The van der Waals surface area contributed by atoms with Crippen LogP contribution in [0.4, 0.5) is 0 Å². The molecule has 0 saturated heterocycles. The minimum absolute atomic E-state index is 0.258. The summed E-state index contributed by atoms with van der Waals surface area (Å²) in [6.07, 6.45) is -0.258. The first-order valence-corrected chi connectivity index (χ1v) is 5.95. The third-order valence-corrected chi connectivity index (χ3v) is 2.73. The van der Waals surface area contributed by atoms with Crippen LogP contribution in [0.2, 0.25) is 0 Å². The van der Waals surface area contributed by atoms with E-state index in [-0.39, 0.29) is 6.10 Å². The van der Waals surface area contributed by atoms with Crippen molar-refractivity contribution < 1.29 is 5.11 Å². The summed E-state index contributed by atoms with van der Waals surface area (Å²) < 4.78 is 0. The van der Waals surface area contributed by atoms with Gasteiger partial charge in [0.25, 0.3) is 0 Å². The fourth-order valence-electron chi connectivity index (χ4n) is 1.77. The monoisotopic (exact) mass is 221 g/mol. The quantitative estimate of drug-likeness (QED) is 0.800. The van der Waals surface area contributed by atoms with Crippen molar-refractivity contribution in [3.05, 3.63) is 34.9 Å². The van der Waals surface area contributed by atoms with Gasteiger partial charge in [0, 0.05) is 13.1 Å². The smallest absolute Gasteiger partial charge is 0.0687 e. The Balaban J connectivity index is 2.43. The van der Waals surface area contributed by atoms with Crippen LogP contribution in [0, 0.1) is 19.8 Å². The van der Waals surface area contributed by atoms with Gasteiger partial charge in [-0.1, -0.05) is 43.2 Å². The zero-order valence-electron chi connectivity index (χ0n) is 10.7. The molecule has 90 valence electrons. The number of aryl methyl sites for hydroxylation is 2. The molecule has 0 saturated carbocycles. The van der Waals surface area contributed by atoms with Crippen LogP contribution in [0.5, 0.6) is 0 Å². The predicted octanol–water partition coefficient (Wildman–Crippen LogP) is 2.41. The first-order valence-electron chi connectivity index (χ1n) is 5.95. The van der Waals surface area contributed by atoms with Crippen molar-refractivity contribution in [1.82, 2.24) is 5.32 Å². The van der Waals surface area contributed by atoms with E-state index < -0.39 is 0 Å². The van der Waals surface area contributed by atoms with Crippen molar-refractivity contribution in [3.63, 3.8) is 0 Å². The SMILES string of the molecule is Cc1cc(C)cc(CNCC(O)C(C)C)c1. The van der Waals surface area contributed by atoms with Crippen LogP contribution in [0.3, 0.4) is 0 Å². The average molecular weight is 221 g/mol. The first-order chi connectivity index (χ1) is 7.49. The zero-order valence-corrected chi connectivity index (χ0v) is 10.7. The van der Waals surface area contributed by atoms with Crippen molar-refractivity contribution in [3.8, 4) is 0 Å². The Morgan fingerprint density at radius 1 is 1.12 bits per heavy atom. The molecule has 0 bridgehead atoms. The molecule has 0 aliphatic rings. The van der Waals surface area contributed by atoms with Crippen LogP contribution in [-0.2, 0) is 6.54 Å². The molecule has 1 rings (SSSR count). The largest absolute Gasteiger partial charge is 0.392 e. The van der Waals surface area contributed by atoms with Gasteiger partial charge in [-0.25, -0.2) is 0 Å². The third kappa shape index (κ3) is 4.33. The lowest BCUT2D eigenvalue weighted by molar-refractivity contribution is 0.123. The van der Waals surface area contributed by atoms with Gasteiger partial charge in [0.15, 0.2) is 0 Å². The van der Waals surface area contributed by atoms with E-state index in [1.54, 1.807) is 0 Å². The summed E-state index contributed by atoms with van der Waals surface area (Å²) in [5, 5.41) is 12.9. The first kappa shape index (κ1) is 13.2. The Kier molecular flexibility index (Phi) is 4.97. The van der Waals surface area contributed by atoms with Crippen LogP contribution in [-0.4, -0.2) is 17.8 Å². The molecule has 2 heteroatoms. The average Bonchev–Trinajstić information content (AvgIpc) is 2.15. The molecule has 1 aromatic rings. The van der Waals surface area contributed by atoms with Crippen LogP contribution in [0.15, 0.2) is 18.2 Å². The number of aliphatic hydroxyl groups is 1. The normalized spacial score (nSPS) is 13.1. The third-order valence-electron chi connectivity index (χ3n) is 2.73. The molecule has 1 unspecified atom stereocenters. The molecule has 0 fully saturated rings. The van der Waals surface area contributed by atoms with Gasteiger partial charge in [-0.3, -0.25) is 0 Å². The van der Waals surface area contributed by atoms with Gasteiger partial charge in [-0.05, 0) is 25.3 Å². The molecule has 0 aliphatic heterocycles. The molecule has 16 heavy (non-hydrogen) atoms. The maximum atomic E-state index is 9.65. The zero-order chi connectivity index (χ0) is 12.1. The lowest BCUT2D eigenvalue weighted by atomic mass is 10.1. The Bertz CT molecular complexity index is 313. The molecule has 0 spiro atoms. The molecule has 0 radical (unpaired) electrons. The minimum Gasteiger partial charge on any atom is -0.392 e. The fraction of sp³-hybridized carbons (Fsp3) is 0.571. The topological polar surface area (TPSA) is 32.3 Å². The van der Waals surface area contributed by atoms with Crippen LogP contribution >= 0.6 is 0 Å². The van der Waals surface area contributed by atoms with E-state index in [1.807, 2.05) is 13.8 Å². The van der Waals surface area contributed by atoms with Gasteiger partial charge in [0.2, 0.25) is 0 Å². The Morgan fingerprint density at radius 2 is 1.69 bits per heavy atom. The standard InChI is InChI=1S/C14H23NO/c1-10(2)14(16)9-15-8-13-6-11(3)5-12(4)7-13/h5-7,10,14-16H,8-9H2,1-4H3.